The standard InChI is InChI=1S/C11H10ClN5O/c12-9-5-8(1-2-13-9)11(18)16-3-4-17-7-14-15-10(17)6-16/h1-2,5,7H,3-4,6H2. The lowest BCUT2D eigenvalue weighted by Gasteiger charge is -2.27. The van der Waals surface area contributed by atoms with E-state index in [4.69, 9.17) is 11.6 Å². The number of pyridine rings is 1. The van der Waals surface area contributed by atoms with E-state index in [2.05, 4.69) is 15.2 Å². The minimum atomic E-state index is -0.0615. The largest absolute Gasteiger partial charge is 0.329 e. The highest BCUT2D eigenvalue weighted by Crippen LogP contribution is 2.14. The zero-order chi connectivity index (χ0) is 12.5. The van der Waals surface area contributed by atoms with E-state index < -0.39 is 0 Å². The molecule has 2 aromatic heterocycles. The monoisotopic (exact) mass is 263 g/mol. The Morgan fingerprint density at radius 2 is 2.28 bits per heavy atom. The van der Waals surface area contributed by atoms with Crippen LogP contribution in [0.5, 0.6) is 0 Å². The highest BCUT2D eigenvalue weighted by atomic mass is 35.5. The van der Waals surface area contributed by atoms with Crippen LogP contribution in [0.2, 0.25) is 5.15 Å². The first-order valence-electron chi connectivity index (χ1n) is 5.51. The number of carbonyl (C=O) groups is 1. The van der Waals surface area contributed by atoms with Gasteiger partial charge in [-0.1, -0.05) is 11.6 Å². The van der Waals surface area contributed by atoms with Gasteiger partial charge in [0.15, 0.2) is 5.82 Å². The van der Waals surface area contributed by atoms with Crippen LogP contribution in [0.3, 0.4) is 0 Å². The molecule has 0 saturated carbocycles. The van der Waals surface area contributed by atoms with Crippen molar-refractivity contribution in [2.75, 3.05) is 6.54 Å². The molecule has 0 unspecified atom stereocenters. The molecule has 1 amide bonds. The summed E-state index contributed by atoms with van der Waals surface area (Å²) in [6.45, 7) is 1.83. The second kappa shape index (κ2) is 4.38. The second-order valence-electron chi connectivity index (χ2n) is 4.03. The molecule has 0 fully saturated rings. The predicted molar refractivity (Wildman–Crippen MR) is 64.0 cm³/mol. The van der Waals surface area contributed by atoms with E-state index in [9.17, 15) is 4.79 Å². The number of rotatable bonds is 1. The summed E-state index contributed by atoms with van der Waals surface area (Å²) >= 11 is 5.78. The number of hydrogen-bond donors (Lipinski definition) is 0. The van der Waals surface area contributed by atoms with Crippen molar-refractivity contribution in [3.63, 3.8) is 0 Å². The maximum absolute atomic E-state index is 12.3. The summed E-state index contributed by atoms with van der Waals surface area (Å²) in [5, 5.41) is 8.13. The third kappa shape index (κ3) is 1.95. The molecule has 7 heteroatoms. The van der Waals surface area contributed by atoms with E-state index in [1.807, 2.05) is 4.57 Å². The van der Waals surface area contributed by atoms with E-state index in [1.165, 1.54) is 6.20 Å². The first-order chi connectivity index (χ1) is 8.74. The molecule has 0 bridgehead atoms. The zero-order valence-electron chi connectivity index (χ0n) is 9.45. The van der Waals surface area contributed by atoms with Gasteiger partial charge in [-0.25, -0.2) is 4.98 Å². The lowest BCUT2D eigenvalue weighted by molar-refractivity contribution is 0.0707. The van der Waals surface area contributed by atoms with Crippen LogP contribution < -0.4 is 0 Å². The van der Waals surface area contributed by atoms with Crippen molar-refractivity contribution in [1.29, 1.82) is 0 Å². The second-order valence-corrected chi connectivity index (χ2v) is 4.42. The lowest BCUT2D eigenvalue weighted by Crippen LogP contribution is -2.38. The summed E-state index contributed by atoms with van der Waals surface area (Å²) in [5.41, 5.74) is 0.544. The number of halogens is 1. The van der Waals surface area contributed by atoms with Crippen LogP contribution in [-0.2, 0) is 13.1 Å². The number of nitrogens with zero attached hydrogens (tertiary/aromatic N) is 5. The van der Waals surface area contributed by atoms with Gasteiger partial charge in [0.1, 0.15) is 11.5 Å². The molecule has 6 nitrogen and oxygen atoms in total. The van der Waals surface area contributed by atoms with E-state index in [0.717, 1.165) is 5.82 Å². The van der Waals surface area contributed by atoms with Crippen molar-refractivity contribution >= 4 is 17.5 Å². The summed E-state index contributed by atoms with van der Waals surface area (Å²) in [7, 11) is 0. The van der Waals surface area contributed by atoms with Gasteiger partial charge in [-0.3, -0.25) is 4.79 Å². The number of fused-ring (bicyclic) bond motifs is 1. The summed E-state index contributed by atoms with van der Waals surface area (Å²) in [6.07, 6.45) is 3.21. The minimum Gasteiger partial charge on any atom is -0.329 e. The fourth-order valence-corrected chi connectivity index (χ4v) is 2.13. The van der Waals surface area contributed by atoms with Crippen molar-refractivity contribution in [3.05, 3.63) is 41.2 Å². The highest BCUT2D eigenvalue weighted by molar-refractivity contribution is 6.29. The molecule has 0 radical (unpaired) electrons. The van der Waals surface area contributed by atoms with Crippen molar-refractivity contribution in [2.24, 2.45) is 0 Å². The maximum Gasteiger partial charge on any atom is 0.254 e. The van der Waals surface area contributed by atoms with Gasteiger partial charge in [0.25, 0.3) is 5.91 Å². The molecule has 0 atom stereocenters. The Bertz CT molecular complexity index is 597. The number of carbonyl (C=O) groups excluding carboxylic acids is 1. The molecular formula is C11H10ClN5O. The van der Waals surface area contributed by atoms with E-state index >= 15 is 0 Å². The molecule has 1 aliphatic heterocycles. The van der Waals surface area contributed by atoms with Crippen LogP contribution in [0.1, 0.15) is 16.2 Å². The molecule has 0 saturated heterocycles. The Morgan fingerprint density at radius 3 is 3.11 bits per heavy atom. The van der Waals surface area contributed by atoms with E-state index in [0.29, 0.717) is 30.4 Å². The predicted octanol–water partition coefficient (Wildman–Crippen LogP) is 0.982. The van der Waals surface area contributed by atoms with Crippen LogP contribution in [-0.4, -0.2) is 37.1 Å². The SMILES string of the molecule is O=C(c1ccnc(Cl)c1)N1CCn2cnnc2C1. The summed E-state index contributed by atoms with van der Waals surface area (Å²) in [4.78, 5) is 17.9. The van der Waals surface area contributed by atoms with Crippen LogP contribution in [0.15, 0.2) is 24.7 Å². The minimum absolute atomic E-state index is 0.0615. The van der Waals surface area contributed by atoms with Gasteiger partial charge < -0.3 is 9.47 Å². The molecular weight excluding hydrogens is 254 g/mol. The van der Waals surface area contributed by atoms with Gasteiger partial charge in [-0.05, 0) is 12.1 Å². The first-order valence-corrected chi connectivity index (χ1v) is 5.89. The van der Waals surface area contributed by atoms with Gasteiger partial charge >= 0.3 is 0 Å². The molecule has 0 aromatic carbocycles. The van der Waals surface area contributed by atoms with Crippen LogP contribution in [0.25, 0.3) is 0 Å². The molecule has 0 aliphatic carbocycles. The van der Waals surface area contributed by atoms with Crippen LogP contribution in [0.4, 0.5) is 0 Å². The van der Waals surface area contributed by atoms with Gasteiger partial charge in [0.2, 0.25) is 0 Å². The zero-order valence-corrected chi connectivity index (χ0v) is 10.2. The molecule has 18 heavy (non-hydrogen) atoms. The smallest absolute Gasteiger partial charge is 0.254 e. The van der Waals surface area contributed by atoms with Gasteiger partial charge in [-0.2, -0.15) is 0 Å². The quantitative estimate of drug-likeness (QED) is 0.720. The normalized spacial score (nSPS) is 14.4. The van der Waals surface area contributed by atoms with Crippen molar-refractivity contribution in [3.8, 4) is 0 Å². The molecule has 0 spiro atoms. The summed E-state index contributed by atoms with van der Waals surface area (Å²) < 4.78 is 1.95. The van der Waals surface area contributed by atoms with Crippen molar-refractivity contribution < 1.29 is 4.79 Å². The Kier molecular flexibility index (Phi) is 2.71. The average molecular weight is 264 g/mol. The topological polar surface area (TPSA) is 63.9 Å². The Hall–Kier alpha value is -1.95. The van der Waals surface area contributed by atoms with Crippen molar-refractivity contribution in [1.82, 2.24) is 24.6 Å². The first kappa shape index (κ1) is 11.2. The third-order valence-corrected chi connectivity index (χ3v) is 3.11. The lowest BCUT2D eigenvalue weighted by atomic mass is 10.2. The third-order valence-electron chi connectivity index (χ3n) is 2.90. The Labute approximate surface area is 108 Å². The Morgan fingerprint density at radius 1 is 1.39 bits per heavy atom. The molecule has 1 aliphatic rings. The number of hydrogen-bond acceptors (Lipinski definition) is 4. The molecule has 92 valence electrons. The maximum atomic E-state index is 12.3. The van der Waals surface area contributed by atoms with E-state index in [-0.39, 0.29) is 5.91 Å². The number of aromatic nitrogens is 4. The highest BCUT2D eigenvalue weighted by Gasteiger charge is 2.22. The van der Waals surface area contributed by atoms with Gasteiger partial charge in [0.05, 0.1) is 6.54 Å². The Balaban J connectivity index is 1.83. The molecule has 3 rings (SSSR count). The van der Waals surface area contributed by atoms with Crippen LogP contribution >= 0.6 is 11.6 Å². The van der Waals surface area contributed by atoms with Gasteiger partial charge in [0, 0.05) is 24.8 Å². The summed E-state index contributed by atoms with van der Waals surface area (Å²) in [5.74, 6) is 0.739. The summed E-state index contributed by atoms with van der Waals surface area (Å²) in [6, 6.07) is 3.23. The number of amides is 1. The average Bonchev–Trinajstić information content (AvgIpc) is 2.85. The fraction of sp³-hybridized carbons (Fsp3) is 0.273. The van der Waals surface area contributed by atoms with Crippen LogP contribution in [0, 0.1) is 0 Å². The van der Waals surface area contributed by atoms with E-state index in [1.54, 1.807) is 23.4 Å². The molecule has 0 N–H and O–H groups in total. The van der Waals surface area contributed by atoms with Crippen molar-refractivity contribution in [2.45, 2.75) is 13.1 Å². The van der Waals surface area contributed by atoms with Gasteiger partial charge in [-0.15, -0.1) is 10.2 Å². The fourth-order valence-electron chi connectivity index (χ4n) is 1.96. The molecule has 2 aromatic rings. The molecule has 3 heterocycles.